The van der Waals surface area contributed by atoms with Crippen molar-refractivity contribution in [3.8, 4) is 11.3 Å². The van der Waals surface area contributed by atoms with E-state index in [0.717, 1.165) is 18.4 Å². The minimum atomic E-state index is -0.348. The van der Waals surface area contributed by atoms with Crippen LogP contribution in [0, 0.1) is 11.6 Å². The second-order valence-corrected chi connectivity index (χ2v) is 6.29. The second kappa shape index (κ2) is 6.71. The van der Waals surface area contributed by atoms with Crippen LogP contribution in [0.25, 0.3) is 11.3 Å². The average Bonchev–Trinajstić information content (AvgIpc) is 3.32. The van der Waals surface area contributed by atoms with Crippen LogP contribution in [0.15, 0.2) is 59.1 Å². The molecule has 0 N–H and O–H groups in total. The third kappa shape index (κ3) is 3.10. The Labute approximate surface area is 149 Å². The molecule has 0 saturated carbocycles. The first-order valence-corrected chi connectivity index (χ1v) is 8.41. The third-order valence-corrected chi connectivity index (χ3v) is 4.61. The molecule has 3 aromatic rings. The summed E-state index contributed by atoms with van der Waals surface area (Å²) in [6.07, 6.45) is 1.62. The molecule has 0 bridgehead atoms. The number of carbonyl (C=O) groups is 1. The molecule has 1 amide bonds. The largest absolute Gasteiger partial charge is 0.355 e. The fourth-order valence-electron chi connectivity index (χ4n) is 3.34. The molecule has 1 fully saturated rings. The van der Waals surface area contributed by atoms with Crippen LogP contribution in [0.3, 0.4) is 0 Å². The van der Waals surface area contributed by atoms with E-state index in [4.69, 9.17) is 4.52 Å². The summed E-state index contributed by atoms with van der Waals surface area (Å²) in [4.78, 5) is 14.6. The number of hydrogen-bond donors (Lipinski definition) is 0. The van der Waals surface area contributed by atoms with Crippen LogP contribution < -0.4 is 0 Å². The number of aromatic nitrogens is 1. The van der Waals surface area contributed by atoms with Crippen molar-refractivity contribution in [2.45, 2.75) is 18.9 Å². The van der Waals surface area contributed by atoms with E-state index in [-0.39, 0.29) is 29.3 Å². The number of amides is 1. The lowest BCUT2D eigenvalue weighted by molar-refractivity contribution is 0.0725. The highest BCUT2D eigenvalue weighted by Crippen LogP contribution is 2.33. The summed E-state index contributed by atoms with van der Waals surface area (Å²) in [5.74, 6) is -0.523. The van der Waals surface area contributed by atoms with Crippen LogP contribution in [0.1, 0.15) is 34.9 Å². The molecule has 1 aliphatic rings. The Bertz CT molecular complexity index is 937. The zero-order valence-electron chi connectivity index (χ0n) is 13.9. The van der Waals surface area contributed by atoms with Crippen LogP contribution in [-0.2, 0) is 0 Å². The molecule has 4 nitrogen and oxygen atoms in total. The first-order valence-electron chi connectivity index (χ1n) is 8.41. The molecule has 132 valence electrons. The summed E-state index contributed by atoms with van der Waals surface area (Å²) >= 11 is 0. The Morgan fingerprint density at radius 1 is 1.08 bits per heavy atom. The smallest absolute Gasteiger partial charge is 0.276 e. The summed E-state index contributed by atoms with van der Waals surface area (Å²) < 4.78 is 31.8. The van der Waals surface area contributed by atoms with E-state index in [9.17, 15) is 13.6 Å². The minimum absolute atomic E-state index is 0.177. The van der Waals surface area contributed by atoms with Gasteiger partial charge in [0.25, 0.3) is 5.91 Å². The van der Waals surface area contributed by atoms with Crippen LogP contribution >= 0.6 is 0 Å². The molecular weight excluding hydrogens is 338 g/mol. The fraction of sp³-hybridized carbons (Fsp3) is 0.200. The van der Waals surface area contributed by atoms with Crippen molar-refractivity contribution in [3.63, 3.8) is 0 Å². The van der Waals surface area contributed by atoms with E-state index in [2.05, 4.69) is 5.16 Å². The Kier molecular flexibility index (Phi) is 4.24. The molecule has 2 aromatic carbocycles. The van der Waals surface area contributed by atoms with Gasteiger partial charge < -0.3 is 9.42 Å². The molecule has 2 heterocycles. The number of nitrogens with zero attached hydrogens (tertiary/aromatic N) is 2. The highest BCUT2D eigenvalue weighted by atomic mass is 19.1. The van der Waals surface area contributed by atoms with Gasteiger partial charge in [0.1, 0.15) is 11.6 Å². The topological polar surface area (TPSA) is 46.3 Å². The number of carbonyl (C=O) groups excluding carboxylic acids is 1. The van der Waals surface area contributed by atoms with E-state index in [0.29, 0.717) is 17.9 Å². The Hall–Kier alpha value is -3.02. The summed E-state index contributed by atoms with van der Waals surface area (Å²) in [5, 5.41) is 3.87. The first-order chi connectivity index (χ1) is 12.6. The normalized spacial score (nSPS) is 16.8. The molecule has 1 aliphatic heterocycles. The van der Waals surface area contributed by atoms with Crippen LogP contribution in [0.4, 0.5) is 8.78 Å². The van der Waals surface area contributed by atoms with Crippen molar-refractivity contribution in [3.05, 3.63) is 77.5 Å². The van der Waals surface area contributed by atoms with Crippen molar-refractivity contribution in [2.24, 2.45) is 0 Å². The van der Waals surface area contributed by atoms with Crippen LogP contribution in [-0.4, -0.2) is 22.5 Å². The van der Waals surface area contributed by atoms with Gasteiger partial charge in [-0.2, -0.15) is 0 Å². The first kappa shape index (κ1) is 16.4. The molecule has 26 heavy (non-hydrogen) atoms. The molecule has 0 aliphatic carbocycles. The predicted octanol–water partition coefficient (Wildman–Crippen LogP) is 4.60. The number of halogens is 2. The summed E-state index contributed by atoms with van der Waals surface area (Å²) in [5.41, 5.74) is 1.60. The van der Waals surface area contributed by atoms with Gasteiger partial charge in [-0.3, -0.25) is 4.79 Å². The van der Waals surface area contributed by atoms with Crippen molar-refractivity contribution in [2.75, 3.05) is 6.54 Å². The summed E-state index contributed by atoms with van der Waals surface area (Å²) in [7, 11) is 0. The highest BCUT2D eigenvalue weighted by Gasteiger charge is 2.32. The van der Waals surface area contributed by atoms with E-state index < -0.39 is 0 Å². The molecule has 4 rings (SSSR count). The van der Waals surface area contributed by atoms with E-state index >= 15 is 0 Å². The lowest BCUT2D eigenvalue weighted by atomic mass is 10.0. The molecule has 1 saturated heterocycles. The van der Waals surface area contributed by atoms with E-state index in [1.54, 1.807) is 29.2 Å². The number of benzene rings is 2. The Morgan fingerprint density at radius 2 is 1.88 bits per heavy atom. The molecule has 0 spiro atoms. The standard InChI is InChI=1S/C20H16F2N2O2/c21-15-8-6-13(7-9-15)19-12-17(23-26-19)20(25)24-10-2-5-18(24)14-3-1-4-16(22)11-14/h1,3-4,6-9,11-12,18H,2,5,10H2. The summed E-state index contributed by atoms with van der Waals surface area (Å²) in [6, 6.07) is 13.5. The van der Waals surface area contributed by atoms with Crippen molar-refractivity contribution >= 4 is 5.91 Å². The van der Waals surface area contributed by atoms with Gasteiger partial charge in [0.2, 0.25) is 0 Å². The fourth-order valence-corrected chi connectivity index (χ4v) is 3.34. The van der Waals surface area contributed by atoms with Gasteiger partial charge in [0, 0.05) is 18.2 Å². The SMILES string of the molecule is O=C(c1cc(-c2ccc(F)cc2)on1)N1CCCC1c1cccc(F)c1. The molecule has 1 atom stereocenters. The maximum atomic E-state index is 13.5. The zero-order valence-corrected chi connectivity index (χ0v) is 13.9. The quantitative estimate of drug-likeness (QED) is 0.691. The maximum absolute atomic E-state index is 13.5. The van der Waals surface area contributed by atoms with Crippen LogP contribution in [0.5, 0.6) is 0 Å². The van der Waals surface area contributed by atoms with Gasteiger partial charge in [-0.05, 0) is 54.8 Å². The average molecular weight is 354 g/mol. The molecular formula is C20H16F2N2O2. The minimum Gasteiger partial charge on any atom is -0.355 e. The van der Waals surface area contributed by atoms with E-state index in [1.807, 2.05) is 6.07 Å². The maximum Gasteiger partial charge on any atom is 0.276 e. The van der Waals surface area contributed by atoms with Gasteiger partial charge >= 0.3 is 0 Å². The van der Waals surface area contributed by atoms with Crippen molar-refractivity contribution in [1.29, 1.82) is 0 Å². The van der Waals surface area contributed by atoms with Gasteiger partial charge in [0.05, 0.1) is 6.04 Å². The number of likely N-dealkylation sites (tertiary alicyclic amines) is 1. The van der Waals surface area contributed by atoms with E-state index in [1.165, 1.54) is 24.3 Å². The summed E-state index contributed by atoms with van der Waals surface area (Å²) in [6.45, 7) is 0.582. The second-order valence-electron chi connectivity index (χ2n) is 6.29. The van der Waals surface area contributed by atoms with Gasteiger partial charge in [-0.15, -0.1) is 0 Å². The van der Waals surface area contributed by atoms with Crippen molar-refractivity contribution < 1.29 is 18.1 Å². The lowest BCUT2D eigenvalue weighted by Crippen LogP contribution is -2.30. The van der Waals surface area contributed by atoms with Gasteiger partial charge in [0.15, 0.2) is 11.5 Å². The molecule has 6 heteroatoms. The molecule has 1 aromatic heterocycles. The molecule has 0 radical (unpaired) electrons. The number of hydrogen-bond acceptors (Lipinski definition) is 3. The lowest BCUT2D eigenvalue weighted by Gasteiger charge is -2.24. The van der Waals surface area contributed by atoms with Gasteiger partial charge in [-0.25, -0.2) is 8.78 Å². The zero-order chi connectivity index (χ0) is 18.1. The highest BCUT2D eigenvalue weighted by molar-refractivity contribution is 5.93. The predicted molar refractivity (Wildman–Crippen MR) is 91.3 cm³/mol. The number of rotatable bonds is 3. The van der Waals surface area contributed by atoms with Crippen LogP contribution in [0.2, 0.25) is 0 Å². The van der Waals surface area contributed by atoms with Crippen molar-refractivity contribution in [1.82, 2.24) is 10.1 Å². The monoisotopic (exact) mass is 354 g/mol. The Morgan fingerprint density at radius 3 is 2.65 bits per heavy atom. The Balaban J connectivity index is 1.58. The third-order valence-electron chi connectivity index (χ3n) is 4.61. The molecule has 1 unspecified atom stereocenters. The van der Waals surface area contributed by atoms with Gasteiger partial charge in [-0.1, -0.05) is 17.3 Å².